The molecule has 88 valence electrons. The average Bonchev–Trinajstić information content (AvgIpc) is 2.38. The van der Waals surface area contributed by atoms with Crippen molar-refractivity contribution in [2.24, 2.45) is 0 Å². The lowest BCUT2D eigenvalue weighted by Gasteiger charge is -2.36. The van der Waals surface area contributed by atoms with E-state index in [0.29, 0.717) is 6.04 Å². The molecule has 1 saturated heterocycles. The molecule has 0 radical (unpaired) electrons. The van der Waals surface area contributed by atoms with E-state index in [1.165, 1.54) is 25.7 Å². The van der Waals surface area contributed by atoms with Crippen LogP contribution in [0.2, 0.25) is 0 Å². The molecule has 0 saturated carbocycles. The number of piperidine rings is 1. The standard InChI is InChI=1S/C12H20N4/c1-3-10-6-4-5-7-16(10)12-8-11(13-2)14-9-15-12/h8-10H,3-7H2,1-2H3,(H,13,14,15)/t10-/m1/s1. The normalized spacial score (nSPS) is 20.9. The van der Waals surface area contributed by atoms with Gasteiger partial charge in [-0.25, -0.2) is 9.97 Å². The highest BCUT2D eigenvalue weighted by Gasteiger charge is 2.22. The van der Waals surface area contributed by atoms with Crippen LogP contribution in [0.3, 0.4) is 0 Å². The lowest BCUT2D eigenvalue weighted by Crippen LogP contribution is -2.39. The minimum absolute atomic E-state index is 0.647. The van der Waals surface area contributed by atoms with Gasteiger partial charge in [0, 0.05) is 25.7 Å². The van der Waals surface area contributed by atoms with Gasteiger partial charge < -0.3 is 10.2 Å². The number of nitrogens with zero attached hydrogens (tertiary/aromatic N) is 3. The molecule has 1 aliphatic rings. The topological polar surface area (TPSA) is 41.0 Å². The highest BCUT2D eigenvalue weighted by molar-refractivity contribution is 5.49. The zero-order chi connectivity index (χ0) is 11.4. The Balaban J connectivity index is 2.20. The Bertz CT molecular complexity index is 340. The summed E-state index contributed by atoms with van der Waals surface area (Å²) < 4.78 is 0. The molecule has 2 heterocycles. The summed E-state index contributed by atoms with van der Waals surface area (Å²) in [7, 11) is 1.89. The fourth-order valence-corrected chi connectivity index (χ4v) is 2.37. The molecule has 1 aliphatic heterocycles. The van der Waals surface area contributed by atoms with E-state index < -0.39 is 0 Å². The summed E-state index contributed by atoms with van der Waals surface area (Å²) in [5.41, 5.74) is 0. The molecule has 4 heteroatoms. The Labute approximate surface area is 97.1 Å². The van der Waals surface area contributed by atoms with Crippen LogP contribution < -0.4 is 10.2 Å². The molecular weight excluding hydrogens is 200 g/mol. The largest absolute Gasteiger partial charge is 0.373 e. The van der Waals surface area contributed by atoms with Crippen molar-refractivity contribution < 1.29 is 0 Å². The van der Waals surface area contributed by atoms with Gasteiger partial charge in [-0.15, -0.1) is 0 Å². The van der Waals surface area contributed by atoms with Gasteiger partial charge in [0.2, 0.25) is 0 Å². The third-order valence-corrected chi connectivity index (χ3v) is 3.30. The van der Waals surface area contributed by atoms with E-state index >= 15 is 0 Å². The predicted molar refractivity (Wildman–Crippen MR) is 66.9 cm³/mol. The maximum absolute atomic E-state index is 4.38. The minimum atomic E-state index is 0.647. The van der Waals surface area contributed by atoms with E-state index in [4.69, 9.17) is 0 Å². The van der Waals surface area contributed by atoms with Crippen LogP contribution >= 0.6 is 0 Å². The molecule has 0 unspecified atom stereocenters. The molecule has 1 atom stereocenters. The second kappa shape index (κ2) is 5.14. The van der Waals surface area contributed by atoms with Crippen LogP contribution in [-0.2, 0) is 0 Å². The molecule has 0 spiro atoms. The molecular formula is C12H20N4. The van der Waals surface area contributed by atoms with E-state index in [2.05, 4.69) is 27.1 Å². The third kappa shape index (κ3) is 2.26. The van der Waals surface area contributed by atoms with E-state index in [1.54, 1.807) is 6.33 Å². The average molecular weight is 220 g/mol. The summed E-state index contributed by atoms with van der Waals surface area (Å²) in [6, 6.07) is 2.68. The van der Waals surface area contributed by atoms with Crippen molar-refractivity contribution in [1.29, 1.82) is 0 Å². The summed E-state index contributed by atoms with van der Waals surface area (Å²) in [6.07, 6.45) is 6.74. The van der Waals surface area contributed by atoms with Crippen LogP contribution in [0, 0.1) is 0 Å². The van der Waals surface area contributed by atoms with Gasteiger partial charge in [-0.3, -0.25) is 0 Å². The second-order valence-electron chi connectivity index (χ2n) is 4.26. The van der Waals surface area contributed by atoms with Gasteiger partial charge in [0.1, 0.15) is 18.0 Å². The number of hydrogen-bond acceptors (Lipinski definition) is 4. The summed E-state index contributed by atoms with van der Waals surface area (Å²) >= 11 is 0. The Morgan fingerprint density at radius 1 is 1.44 bits per heavy atom. The first-order chi connectivity index (χ1) is 7.85. The summed E-state index contributed by atoms with van der Waals surface area (Å²) in [5, 5.41) is 3.06. The number of nitrogens with one attached hydrogen (secondary N) is 1. The van der Waals surface area contributed by atoms with Crippen molar-refractivity contribution in [3.8, 4) is 0 Å². The lowest BCUT2D eigenvalue weighted by molar-refractivity contribution is 0.446. The summed E-state index contributed by atoms with van der Waals surface area (Å²) in [4.78, 5) is 11.0. The third-order valence-electron chi connectivity index (χ3n) is 3.30. The van der Waals surface area contributed by atoms with Gasteiger partial charge >= 0.3 is 0 Å². The van der Waals surface area contributed by atoms with Gasteiger partial charge in [-0.1, -0.05) is 6.92 Å². The Kier molecular flexibility index (Phi) is 3.59. The van der Waals surface area contributed by atoms with Crippen LogP contribution in [0.15, 0.2) is 12.4 Å². The summed E-state index contributed by atoms with van der Waals surface area (Å²) in [5.74, 6) is 1.95. The first-order valence-corrected chi connectivity index (χ1v) is 6.11. The number of anilines is 2. The second-order valence-corrected chi connectivity index (χ2v) is 4.26. The van der Waals surface area contributed by atoms with Gasteiger partial charge in [0.25, 0.3) is 0 Å². The van der Waals surface area contributed by atoms with Crippen LogP contribution in [0.5, 0.6) is 0 Å². The molecule has 0 aliphatic carbocycles. The van der Waals surface area contributed by atoms with Crippen LogP contribution in [0.1, 0.15) is 32.6 Å². The van der Waals surface area contributed by atoms with Crippen molar-refractivity contribution in [2.75, 3.05) is 23.8 Å². The quantitative estimate of drug-likeness (QED) is 0.848. The van der Waals surface area contributed by atoms with Crippen molar-refractivity contribution in [3.05, 3.63) is 12.4 Å². The van der Waals surface area contributed by atoms with E-state index in [9.17, 15) is 0 Å². The van der Waals surface area contributed by atoms with Crippen molar-refractivity contribution >= 4 is 11.6 Å². The zero-order valence-corrected chi connectivity index (χ0v) is 10.1. The molecule has 1 aromatic rings. The molecule has 0 amide bonds. The van der Waals surface area contributed by atoms with Crippen molar-refractivity contribution in [2.45, 2.75) is 38.6 Å². The number of aromatic nitrogens is 2. The van der Waals surface area contributed by atoms with Crippen molar-refractivity contribution in [3.63, 3.8) is 0 Å². The SMILES string of the molecule is CC[C@@H]1CCCCN1c1cc(NC)ncn1. The minimum Gasteiger partial charge on any atom is -0.373 e. The first kappa shape index (κ1) is 11.2. The first-order valence-electron chi connectivity index (χ1n) is 6.11. The van der Waals surface area contributed by atoms with E-state index in [0.717, 1.165) is 18.2 Å². The Morgan fingerprint density at radius 3 is 3.06 bits per heavy atom. The van der Waals surface area contributed by atoms with Gasteiger partial charge in [-0.05, 0) is 25.7 Å². The Hall–Kier alpha value is -1.32. The molecule has 0 aromatic carbocycles. The fourth-order valence-electron chi connectivity index (χ4n) is 2.37. The highest BCUT2D eigenvalue weighted by atomic mass is 15.2. The summed E-state index contributed by atoms with van der Waals surface area (Å²) in [6.45, 7) is 3.38. The molecule has 16 heavy (non-hydrogen) atoms. The maximum atomic E-state index is 4.38. The molecule has 0 bridgehead atoms. The van der Waals surface area contributed by atoms with Crippen molar-refractivity contribution in [1.82, 2.24) is 9.97 Å². The maximum Gasteiger partial charge on any atom is 0.134 e. The van der Waals surface area contributed by atoms with Gasteiger partial charge in [-0.2, -0.15) is 0 Å². The molecule has 1 aromatic heterocycles. The predicted octanol–water partition coefficient (Wildman–Crippen LogP) is 2.29. The molecule has 1 N–H and O–H groups in total. The van der Waals surface area contributed by atoms with Gasteiger partial charge in [0.15, 0.2) is 0 Å². The van der Waals surface area contributed by atoms with Crippen LogP contribution in [0.25, 0.3) is 0 Å². The highest BCUT2D eigenvalue weighted by Crippen LogP contribution is 2.25. The van der Waals surface area contributed by atoms with Crippen LogP contribution in [-0.4, -0.2) is 29.6 Å². The molecule has 1 fully saturated rings. The fraction of sp³-hybridized carbons (Fsp3) is 0.667. The Morgan fingerprint density at radius 2 is 2.31 bits per heavy atom. The number of hydrogen-bond donors (Lipinski definition) is 1. The van der Waals surface area contributed by atoms with Gasteiger partial charge in [0.05, 0.1) is 0 Å². The monoisotopic (exact) mass is 220 g/mol. The van der Waals surface area contributed by atoms with E-state index in [-0.39, 0.29) is 0 Å². The molecule has 2 rings (SSSR count). The van der Waals surface area contributed by atoms with Crippen LogP contribution in [0.4, 0.5) is 11.6 Å². The number of rotatable bonds is 3. The smallest absolute Gasteiger partial charge is 0.134 e. The lowest BCUT2D eigenvalue weighted by atomic mass is 10.0. The molecule has 4 nitrogen and oxygen atoms in total. The zero-order valence-electron chi connectivity index (χ0n) is 10.1. The van der Waals surface area contributed by atoms with E-state index in [1.807, 2.05) is 13.1 Å².